The third kappa shape index (κ3) is 3.77. The molecule has 2 N–H and O–H groups in total. The lowest BCUT2D eigenvalue weighted by molar-refractivity contribution is -0.130. The van der Waals surface area contributed by atoms with Gasteiger partial charge in [0.05, 0.1) is 0 Å². The van der Waals surface area contributed by atoms with E-state index in [1.54, 1.807) is 6.20 Å². The molecule has 1 aromatic heterocycles. The van der Waals surface area contributed by atoms with Crippen LogP contribution in [0, 0.1) is 5.92 Å². The second kappa shape index (κ2) is 7.38. The first kappa shape index (κ1) is 15.7. The Labute approximate surface area is 137 Å². The average Bonchev–Trinajstić information content (AvgIpc) is 3.06. The number of hydrogen-bond acceptors (Lipinski definition) is 3. The highest BCUT2D eigenvalue weighted by atomic mass is 16.2. The van der Waals surface area contributed by atoms with Crippen LogP contribution in [0.5, 0.6) is 0 Å². The van der Waals surface area contributed by atoms with Crippen molar-refractivity contribution in [3.8, 4) is 0 Å². The topological polar surface area (TPSA) is 59.2 Å². The lowest BCUT2D eigenvalue weighted by Crippen LogP contribution is -2.30. The molecule has 1 aliphatic rings. The van der Waals surface area contributed by atoms with Crippen molar-refractivity contribution in [1.82, 2.24) is 9.88 Å². The number of aromatic nitrogens is 1. The maximum Gasteiger partial charge on any atom is 0.222 e. The molecule has 1 aromatic carbocycles. The third-order valence-electron chi connectivity index (χ3n) is 4.65. The molecular weight excluding hydrogens is 286 g/mol. The van der Waals surface area contributed by atoms with Gasteiger partial charge in [-0.2, -0.15) is 0 Å². The Morgan fingerprint density at radius 1 is 1.13 bits per heavy atom. The fraction of sp³-hybridized carbons (Fsp3) is 0.368. The van der Waals surface area contributed by atoms with Gasteiger partial charge in [0.1, 0.15) is 0 Å². The van der Waals surface area contributed by atoms with E-state index in [9.17, 15) is 4.79 Å². The van der Waals surface area contributed by atoms with Crippen molar-refractivity contribution < 1.29 is 4.79 Å². The van der Waals surface area contributed by atoms with Crippen LogP contribution in [-0.2, 0) is 11.2 Å². The summed E-state index contributed by atoms with van der Waals surface area (Å²) in [6.45, 7) is 2.15. The van der Waals surface area contributed by atoms with Gasteiger partial charge < -0.3 is 10.6 Å². The lowest BCUT2D eigenvalue weighted by Gasteiger charge is -2.16. The van der Waals surface area contributed by atoms with E-state index in [2.05, 4.69) is 29.2 Å². The number of pyridine rings is 1. The van der Waals surface area contributed by atoms with Crippen molar-refractivity contribution in [2.24, 2.45) is 11.7 Å². The van der Waals surface area contributed by atoms with Crippen molar-refractivity contribution in [2.75, 3.05) is 19.6 Å². The van der Waals surface area contributed by atoms with Crippen LogP contribution < -0.4 is 5.73 Å². The highest BCUT2D eigenvalue weighted by Crippen LogP contribution is 2.32. The summed E-state index contributed by atoms with van der Waals surface area (Å²) in [5.74, 6) is 0.892. The van der Waals surface area contributed by atoms with Crippen LogP contribution in [0.1, 0.15) is 23.6 Å². The molecule has 0 bridgehead atoms. The Bertz CT molecular complexity index is 630. The summed E-state index contributed by atoms with van der Waals surface area (Å²) in [6.07, 6.45) is 2.97. The number of nitrogens with zero attached hydrogens (tertiary/aromatic N) is 2. The number of carbonyl (C=O) groups is 1. The maximum absolute atomic E-state index is 12.5. The molecule has 4 heteroatoms. The van der Waals surface area contributed by atoms with Gasteiger partial charge in [-0.15, -0.1) is 0 Å². The number of amides is 1. The number of likely N-dealkylation sites (tertiary alicyclic amines) is 1. The zero-order valence-electron chi connectivity index (χ0n) is 13.3. The molecule has 0 radical (unpaired) electrons. The molecule has 120 valence electrons. The second-order valence-corrected chi connectivity index (χ2v) is 6.13. The largest absolute Gasteiger partial charge is 0.342 e. The molecule has 0 spiro atoms. The van der Waals surface area contributed by atoms with Crippen LogP contribution in [0.2, 0.25) is 0 Å². The van der Waals surface area contributed by atoms with Gasteiger partial charge in [-0.3, -0.25) is 9.78 Å². The normalized spacial score (nSPS) is 20.7. The third-order valence-corrected chi connectivity index (χ3v) is 4.65. The maximum atomic E-state index is 12.5. The van der Waals surface area contributed by atoms with Crippen LogP contribution in [0.15, 0.2) is 54.7 Å². The Kier molecular flexibility index (Phi) is 5.03. The summed E-state index contributed by atoms with van der Waals surface area (Å²) in [5.41, 5.74) is 8.19. The summed E-state index contributed by atoms with van der Waals surface area (Å²) in [7, 11) is 0. The van der Waals surface area contributed by atoms with Gasteiger partial charge in [0.15, 0.2) is 0 Å². The summed E-state index contributed by atoms with van der Waals surface area (Å²) < 4.78 is 0. The molecule has 0 aliphatic carbocycles. The Balaban J connectivity index is 1.61. The molecule has 0 saturated carbocycles. The van der Waals surface area contributed by atoms with Crippen molar-refractivity contribution in [2.45, 2.75) is 18.8 Å². The van der Waals surface area contributed by atoms with Gasteiger partial charge in [0, 0.05) is 37.3 Å². The van der Waals surface area contributed by atoms with Crippen molar-refractivity contribution in [3.05, 3.63) is 66.0 Å². The first-order chi connectivity index (χ1) is 11.3. The monoisotopic (exact) mass is 309 g/mol. The van der Waals surface area contributed by atoms with E-state index in [-0.39, 0.29) is 5.91 Å². The lowest BCUT2D eigenvalue weighted by atomic mass is 9.89. The highest BCUT2D eigenvalue weighted by Gasteiger charge is 2.34. The molecule has 23 heavy (non-hydrogen) atoms. The van der Waals surface area contributed by atoms with E-state index in [0.717, 1.165) is 18.8 Å². The summed E-state index contributed by atoms with van der Waals surface area (Å²) in [4.78, 5) is 18.8. The second-order valence-electron chi connectivity index (χ2n) is 6.13. The molecule has 0 unspecified atom stereocenters. The summed E-state index contributed by atoms with van der Waals surface area (Å²) in [6, 6.07) is 16.2. The minimum Gasteiger partial charge on any atom is -0.342 e. The average molecular weight is 309 g/mol. The molecular formula is C19H23N3O. The molecule has 4 nitrogen and oxygen atoms in total. The standard InChI is InChI=1S/C19H23N3O/c20-12-16-13-22(14-18(16)15-6-2-1-3-7-15)19(23)10-9-17-8-4-5-11-21-17/h1-8,11,16,18H,9-10,12-14,20H2/t16-,18+/m1/s1. The molecule has 1 amide bonds. The molecule has 1 saturated heterocycles. The van der Waals surface area contributed by atoms with Gasteiger partial charge in [0.2, 0.25) is 5.91 Å². The van der Waals surface area contributed by atoms with Gasteiger partial charge in [-0.25, -0.2) is 0 Å². The van der Waals surface area contributed by atoms with Gasteiger partial charge in [-0.1, -0.05) is 36.4 Å². The van der Waals surface area contributed by atoms with Gasteiger partial charge in [-0.05, 0) is 36.6 Å². The van der Waals surface area contributed by atoms with Crippen molar-refractivity contribution in [1.29, 1.82) is 0 Å². The molecule has 2 atom stereocenters. The quantitative estimate of drug-likeness (QED) is 0.921. The fourth-order valence-electron chi connectivity index (χ4n) is 3.33. The molecule has 2 aromatic rings. The van der Waals surface area contributed by atoms with E-state index < -0.39 is 0 Å². The molecule has 1 fully saturated rings. The zero-order chi connectivity index (χ0) is 16.1. The van der Waals surface area contributed by atoms with Gasteiger partial charge >= 0.3 is 0 Å². The van der Waals surface area contributed by atoms with Crippen LogP contribution in [-0.4, -0.2) is 35.4 Å². The summed E-state index contributed by atoms with van der Waals surface area (Å²) >= 11 is 0. The van der Waals surface area contributed by atoms with Crippen molar-refractivity contribution in [3.63, 3.8) is 0 Å². The zero-order valence-corrected chi connectivity index (χ0v) is 13.3. The molecule has 2 heterocycles. The van der Waals surface area contributed by atoms with Crippen LogP contribution in [0.4, 0.5) is 0 Å². The fourth-order valence-corrected chi connectivity index (χ4v) is 3.33. The van der Waals surface area contributed by atoms with E-state index in [1.165, 1.54) is 5.56 Å². The van der Waals surface area contributed by atoms with Crippen LogP contribution in [0.3, 0.4) is 0 Å². The predicted molar refractivity (Wildman–Crippen MR) is 90.9 cm³/mol. The van der Waals surface area contributed by atoms with E-state index in [1.807, 2.05) is 29.2 Å². The highest BCUT2D eigenvalue weighted by molar-refractivity contribution is 5.77. The van der Waals surface area contributed by atoms with E-state index in [0.29, 0.717) is 31.2 Å². The van der Waals surface area contributed by atoms with Crippen molar-refractivity contribution >= 4 is 5.91 Å². The Hall–Kier alpha value is -2.20. The SMILES string of the molecule is NC[C@@H]1CN(C(=O)CCc2ccccn2)C[C@H]1c1ccccc1. The number of benzene rings is 1. The molecule has 3 rings (SSSR count). The minimum atomic E-state index is 0.201. The van der Waals surface area contributed by atoms with E-state index in [4.69, 9.17) is 5.73 Å². The Morgan fingerprint density at radius 2 is 1.91 bits per heavy atom. The van der Waals surface area contributed by atoms with Crippen LogP contribution in [0.25, 0.3) is 0 Å². The number of carbonyl (C=O) groups excluding carboxylic acids is 1. The smallest absolute Gasteiger partial charge is 0.222 e. The number of rotatable bonds is 5. The first-order valence-corrected chi connectivity index (χ1v) is 8.20. The predicted octanol–water partition coefficient (Wildman–Crippen LogP) is 2.22. The van der Waals surface area contributed by atoms with Crippen LogP contribution >= 0.6 is 0 Å². The molecule has 1 aliphatic heterocycles. The Morgan fingerprint density at radius 3 is 2.61 bits per heavy atom. The number of nitrogens with two attached hydrogens (primary N) is 1. The summed E-state index contributed by atoms with van der Waals surface area (Å²) in [5, 5.41) is 0. The number of aryl methyl sites for hydroxylation is 1. The minimum absolute atomic E-state index is 0.201. The number of hydrogen-bond donors (Lipinski definition) is 1. The van der Waals surface area contributed by atoms with Gasteiger partial charge in [0.25, 0.3) is 0 Å². The first-order valence-electron chi connectivity index (χ1n) is 8.20. The van der Waals surface area contributed by atoms with E-state index >= 15 is 0 Å².